The predicted molar refractivity (Wildman–Crippen MR) is 41.8 cm³/mol. The van der Waals surface area contributed by atoms with E-state index in [0.29, 0.717) is 6.42 Å². The molecule has 0 bridgehead atoms. The summed E-state index contributed by atoms with van der Waals surface area (Å²) in [6, 6.07) is 0. The van der Waals surface area contributed by atoms with Gasteiger partial charge in [-0.2, -0.15) is 0 Å². The summed E-state index contributed by atoms with van der Waals surface area (Å²) >= 11 is 0. The Kier molecular flexibility index (Phi) is 4.54. The molecule has 0 spiro atoms. The molecule has 0 fully saturated rings. The van der Waals surface area contributed by atoms with Gasteiger partial charge in [0.15, 0.2) is 0 Å². The molecule has 64 valence electrons. The minimum atomic E-state index is -0.974. The topological polar surface area (TPSA) is 46.5 Å². The van der Waals surface area contributed by atoms with Crippen LogP contribution in [0.2, 0.25) is 0 Å². The van der Waals surface area contributed by atoms with E-state index in [1.807, 2.05) is 0 Å². The van der Waals surface area contributed by atoms with Gasteiger partial charge in [-0.1, -0.05) is 12.5 Å². The second-order valence-corrected chi connectivity index (χ2v) is 2.52. The lowest BCUT2D eigenvalue weighted by molar-refractivity contribution is -0.161. The maximum Gasteiger partial charge on any atom is 0.332 e. The number of ether oxygens (including phenoxy) is 1. The monoisotopic (exact) mass is 158 g/mol. The van der Waals surface area contributed by atoms with Crippen molar-refractivity contribution >= 4 is 5.97 Å². The molecule has 0 amide bonds. The molecule has 1 N–H and O–H groups in total. The van der Waals surface area contributed by atoms with E-state index in [-0.39, 0.29) is 0 Å². The van der Waals surface area contributed by atoms with Gasteiger partial charge in [0.1, 0.15) is 0 Å². The number of hydrogen-bond donors (Lipinski definition) is 1. The van der Waals surface area contributed by atoms with Gasteiger partial charge >= 0.3 is 5.97 Å². The molecule has 0 aliphatic rings. The Morgan fingerprint density at radius 1 is 1.64 bits per heavy atom. The van der Waals surface area contributed by atoms with E-state index in [1.165, 1.54) is 6.08 Å². The van der Waals surface area contributed by atoms with Crippen LogP contribution in [0.4, 0.5) is 0 Å². The first-order valence-electron chi connectivity index (χ1n) is 3.59. The van der Waals surface area contributed by atoms with Crippen molar-refractivity contribution in [2.45, 2.75) is 33.5 Å². The molecule has 0 aromatic rings. The van der Waals surface area contributed by atoms with Crippen molar-refractivity contribution in [3.63, 3.8) is 0 Å². The maximum absolute atomic E-state index is 10.8. The fourth-order valence-corrected chi connectivity index (χ4v) is 0.487. The number of hydrogen-bond acceptors (Lipinski definition) is 3. The standard InChI is InChI=1S/C8H14O3/c1-4-7(9)11-8(10)5-6(2)3/h5,7,9H,4H2,1-3H3. The van der Waals surface area contributed by atoms with Gasteiger partial charge < -0.3 is 9.84 Å². The summed E-state index contributed by atoms with van der Waals surface area (Å²) in [5.74, 6) is -0.487. The average Bonchev–Trinajstić information content (AvgIpc) is 1.85. The molecule has 0 aliphatic carbocycles. The van der Waals surface area contributed by atoms with Crippen LogP contribution in [0.1, 0.15) is 27.2 Å². The summed E-state index contributed by atoms with van der Waals surface area (Å²) in [5, 5.41) is 8.87. The summed E-state index contributed by atoms with van der Waals surface area (Å²) in [6.07, 6.45) is 0.791. The number of aliphatic hydroxyl groups excluding tert-OH is 1. The Bertz CT molecular complexity index is 157. The van der Waals surface area contributed by atoms with E-state index in [2.05, 4.69) is 4.74 Å². The van der Waals surface area contributed by atoms with Crippen LogP contribution in [0, 0.1) is 0 Å². The molecule has 0 rings (SSSR count). The van der Waals surface area contributed by atoms with E-state index in [4.69, 9.17) is 5.11 Å². The van der Waals surface area contributed by atoms with Crippen LogP contribution in [-0.2, 0) is 9.53 Å². The fourth-order valence-electron chi connectivity index (χ4n) is 0.487. The Hall–Kier alpha value is -0.830. The van der Waals surface area contributed by atoms with E-state index in [9.17, 15) is 4.79 Å². The zero-order valence-corrected chi connectivity index (χ0v) is 7.13. The second-order valence-electron chi connectivity index (χ2n) is 2.52. The van der Waals surface area contributed by atoms with Gasteiger partial charge in [-0.05, 0) is 13.8 Å². The molecule has 0 aliphatic heterocycles. The third-order valence-electron chi connectivity index (χ3n) is 1.01. The normalized spacial score (nSPS) is 12.0. The molecule has 0 radical (unpaired) electrons. The lowest BCUT2D eigenvalue weighted by Gasteiger charge is -2.06. The van der Waals surface area contributed by atoms with Crippen molar-refractivity contribution < 1.29 is 14.6 Å². The van der Waals surface area contributed by atoms with Crippen LogP contribution in [0.25, 0.3) is 0 Å². The van der Waals surface area contributed by atoms with Crippen molar-refractivity contribution in [3.8, 4) is 0 Å². The van der Waals surface area contributed by atoms with Crippen LogP contribution in [0.3, 0.4) is 0 Å². The van der Waals surface area contributed by atoms with Crippen LogP contribution >= 0.6 is 0 Å². The number of carbonyl (C=O) groups is 1. The van der Waals surface area contributed by atoms with Gasteiger partial charge in [-0.25, -0.2) is 4.79 Å². The Morgan fingerprint density at radius 2 is 2.18 bits per heavy atom. The van der Waals surface area contributed by atoms with Crippen LogP contribution in [0.15, 0.2) is 11.6 Å². The Morgan fingerprint density at radius 3 is 2.55 bits per heavy atom. The van der Waals surface area contributed by atoms with Gasteiger partial charge in [-0.3, -0.25) is 0 Å². The predicted octanol–water partition coefficient (Wildman–Crippen LogP) is 1.22. The van der Waals surface area contributed by atoms with Gasteiger partial charge in [0.25, 0.3) is 0 Å². The maximum atomic E-state index is 10.8. The lowest BCUT2D eigenvalue weighted by Crippen LogP contribution is -2.14. The lowest BCUT2D eigenvalue weighted by atomic mass is 10.3. The minimum Gasteiger partial charge on any atom is -0.433 e. The minimum absolute atomic E-state index is 0.419. The Balaban J connectivity index is 3.79. The first-order valence-corrected chi connectivity index (χ1v) is 3.59. The highest BCUT2D eigenvalue weighted by molar-refractivity contribution is 5.82. The molecule has 0 heterocycles. The van der Waals surface area contributed by atoms with Crippen molar-refractivity contribution in [2.24, 2.45) is 0 Å². The van der Waals surface area contributed by atoms with Crippen LogP contribution in [-0.4, -0.2) is 17.4 Å². The smallest absolute Gasteiger partial charge is 0.332 e. The molecule has 11 heavy (non-hydrogen) atoms. The number of esters is 1. The molecular formula is C8H14O3. The first-order chi connectivity index (χ1) is 5.06. The molecule has 0 aromatic heterocycles. The molecule has 1 atom stereocenters. The average molecular weight is 158 g/mol. The van der Waals surface area contributed by atoms with Gasteiger partial charge in [-0.15, -0.1) is 0 Å². The molecule has 1 unspecified atom stereocenters. The molecule has 0 saturated carbocycles. The fraction of sp³-hybridized carbons (Fsp3) is 0.625. The highest BCUT2D eigenvalue weighted by Crippen LogP contribution is 1.96. The summed E-state index contributed by atoms with van der Waals surface area (Å²) in [6.45, 7) is 5.32. The number of aliphatic hydroxyl groups is 1. The summed E-state index contributed by atoms with van der Waals surface area (Å²) in [5.41, 5.74) is 0.860. The number of allylic oxidation sites excluding steroid dienone is 1. The quantitative estimate of drug-likeness (QED) is 0.381. The molecule has 0 aromatic carbocycles. The third-order valence-corrected chi connectivity index (χ3v) is 1.01. The van der Waals surface area contributed by atoms with Gasteiger partial charge in [0.2, 0.25) is 6.29 Å². The van der Waals surface area contributed by atoms with Crippen LogP contribution in [0.5, 0.6) is 0 Å². The van der Waals surface area contributed by atoms with E-state index in [0.717, 1.165) is 5.57 Å². The van der Waals surface area contributed by atoms with Gasteiger partial charge in [0.05, 0.1) is 0 Å². The van der Waals surface area contributed by atoms with Crippen molar-refractivity contribution in [3.05, 3.63) is 11.6 Å². The Labute approximate surface area is 66.7 Å². The number of rotatable bonds is 3. The highest BCUT2D eigenvalue weighted by atomic mass is 16.6. The van der Waals surface area contributed by atoms with Crippen molar-refractivity contribution in [1.29, 1.82) is 0 Å². The SMILES string of the molecule is CCC(O)OC(=O)C=C(C)C. The first kappa shape index (κ1) is 10.2. The van der Waals surface area contributed by atoms with Gasteiger partial charge in [0, 0.05) is 12.5 Å². The number of carbonyl (C=O) groups excluding carboxylic acids is 1. The van der Waals surface area contributed by atoms with E-state index < -0.39 is 12.3 Å². The summed E-state index contributed by atoms with van der Waals surface area (Å²) in [4.78, 5) is 10.8. The highest BCUT2D eigenvalue weighted by Gasteiger charge is 2.04. The molecule has 0 saturated heterocycles. The molecular weight excluding hydrogens is 144 g/mol. The zero-order valence-electron chi connectivity index (χ0n) is 7.13. The molecule has 3 nitrogen and oxygen atoms in total. The molecule has 3 heteroatoms. The van der Waals surface area contributed by atoms with Crippen molar-refractivity contribution in [2.75, 3.05) is 0 Å². The van der Waals surface area contributed by atoms with Crippen molar-refractivity contribution in [1.82, 2.24) is 0 Å². The van der Waals surface area contributed by atoms with E-state index in [1.54, 1.807) is 20.8 Å². The summed E-state index contributed by atoms with van der Waals surface area (Å²) in [7, 11) is 0. The second kappa shape index (κ2) is 4.91. The van der Waals surface area contributed by atoms with E-state index >= 15 is 0 Å². The zero-order chi connectivity index (χ0) is 8.85. The largest absolute Gasteiger partial charge is 0.433 e. The third kappa shape index (κ3) is 5.61. The summed E-state index contributed by atoms with van der Waals surface area (Å²) < 4.78 is 4.55. The van der Waals surface area contributed by atoms with Crippen LogP contribution < -0.4 is 0 Å².